The third-order valence-electron chi connectivity index (χ3n) is 3.21. The van der Waals surface area contributed by atoms with Crippen LogP contribution in [0.2, 0.25) is 0 Å². The summed E-state index contributed by atoms with van der Waals surface area (Å²) in [6.07, 6.45) is 1.39. The predicted octanol–water partition coefficient (Wildman–Crippen LogP) is 1.23. The van der Waals surface area contributed by atoms with E-state index in [9.17, 15) is 13.2 Å². The Morgan fingerprint density at radius 2 is 1.95 bits per heavy atom. The number of hydrogen-bond acceptors (Lipinski definition) is 6. The highest BCUT2D eigenvalue weighted by molar-refractivity contribution is 7.92. The number of sulfone groups is 1. The molecule has 21 heavy (non-hydrogen) atoms. The van der Waals surface area contributed by atoms with Crippen LogP contribution < -0.4 is 0 Å². The molecule has 0 spiro atoms. The third-order valence-corrected chi connectivity index (χ3v) is 5.79. The van der Waals surface area contributed by atoms with Gasteiger partial charge in [0.2, 0.25) is 0 Å². The fraction of sp³-hybridized carbons (Fsp3) is 0.769. The maximum atomic E-state index is 12.1. The Morgan fingerprint density at radius 3 is 2.43 bits per heavy atom. The van der Waals surface area contributed by atoms with Crippen LogP contribution in [0.1, 0.15) is 50.3 Å². The van der Waals surface area contributed by atoms with Crippen molar-refractivity contribution in [2.75, 3.05) is 12.9 Å². The van der Waals surface area contributed by atoms with Crippen molar-refractivity contribution in [2.45, 2.75) is 51.8 Å². The molecule has 0 atom stereocenters. The van der Waals surface area contributed by atoms with Crippen molar-refractivity contribution in [2.24, 2.45) is 0 Å². The Morgan fingerprint density at radius 1 is 1.33 bits per heavy atom. The van der Waals surface area contributed by atoms with Crippen LogP contribution in [-0.4, -0.2) is 47.0 Å². The molecule has 0 unspecified atom stereocenters. The second kappa shape index (κ2) is 6.55. The van der Waals surface area contributed by atoms with E-state index in [1.807, 2.05) is 6.92 Å². The third kappa shape index (κ3) is 4.03. The first-order valence-electron chi connectivity index (χ1n) is 6.87. The molecule has 0 aromatic carbocycles. The molecule has 8 heteroatoms. The van der Waals surface area contributed by atoms with Gasteiger partial charge in [0.25, 0.3) is 0 Å². The van der Waals surface area contributed by atoms with Gasteiger partial charge in [-0.2, -0.15) is 0 Å². The first-order valence-corrected chi connectivity index (χ1v) is 8.52. The van der Waals surface area contributed by atoms with Crippen LogP contribution in [0.4, 0.5) is 0 Å². The van der Waals surface area contributed by atoms with Gasteiger partial charge in [-0.05, 0) is 27.2 Å². The SMILES string of the molecule is CCCc1c(C(=O)OC)nnn1CCS(=O)(=O)C(C)(C)C. The fourth-order valence-electron chi connectivity index (χ4n) is 1.76. The molecule has 0 amide bonds. The lowest BCUT2D eigenvalue weighted by atomic mass is 10.2. The quantitative estimate of drug-likeness (QED) is 0.733. The van der Waals surface area contributed by atoms with Gasteiger partial charge in [0.1, 0.15) is 0 Å². The maximum Gasteiger partial charge on any atom is 0.360 e. The van der Waals surface area contributed by atoms with Crippen molar-refractivity contribution in [3.63, 3.8) is 0 Å². The zero-order valence-electron chi connectivity index (χ0n) is 13.2. The number of rotatable bonds is 6. The van der Waals surface area contributed by atoms with Crippen molar-refractivity contribution in [1.29, 1.82) is 0 Å². The Kier molecular flexibility index (Phi) is 5.49. The number of aryl methyl sites for hydroxylation is 1. The van der Waals surface area contributed by atoms with Gasteiger partial charge in [-0.15, -0.1) is 5.10 Å². The number of ether oxygens (including phenoxy) is 1. The van der Waals surface area contributed by atoms with Gasteiger partial charge in [-0.3, -0.25) is 0 Å². The summed E-state index contributed by atoms with van der Waals surface area (Å²) in [7, 11) is -1.97. The number of carbonyl (C=O) groups is 1. The van der Waals surface area contributed by atoms with E-state index in [0.29, 0.717) is 12.1 Å². The Bertz CT molecular complexity index is 599. The van der Waals surface area contributed by atoms with E-state index in [1.54, 1.807) is 20.8 Å². The summed E-state index contributed by atoms with van der Waals surface area (Å²) in [4.78, 5) is 11.6. The lowest BCUT2D eigenvalue weighted by Crippen LogP contribution is -2.32. The van der Waals surface area contributed by atoms with Gasteiger partial charge in [0, 0.05) is 0 Å². The van der Waals surface area contributed by atoms with E-state index in [0.717, 1.165) is 6.42 Å². The highest BCUT2D eigenvalue weighted by Gasteiger charge is 2.29. The second-order valence-corrected chi connectivity index (χ2v) is 8.64. The lowest BCUT2D eigenvalue weighted by Gasteiger charge is -2.19. The average Bonchev–Trinajstić information content (AvgIpc) is 2.78. The molecule has 7 nitrogen and oxygen atoms in total. The van der Waals surface area contributed by atoms with E-state index in [4.69, 9.17) is 0 Å². The molecule has 0 fully saturated rings. The van der Waals surface area contributed by atoms with Crippen molar-refractivity contribution in [3.8, 4) is 0 Å². The van der Waals surface area contributed by atoms with Gasteiger partial charge in [-0.1, -0.05) is 18.6 Å². The predicted molar refractivity (Wildman–Crippen MR) is 78.9 cm³/mol. The van der Waals surface area contributed by atoms with E-state index in [2.05, 4.69) is 15.0 Å². The molecule has 0 N–H and O–H groups in total. The molecule has 0 aliphatic heterocycles. The molecule has 1 heterocycles. The first-order chi connectivity index (χ1) is 9.64. The topological polar surface area (TPSA) is 91.2 Å². The molecule has 1 aromatic heterocycles. The van der Waals surface area contributed by atoms with E-state index >= 15 is 0 Å². The molecular weight excluding hydrogens is 294 g/mol. The summed E-state index contributed by atoms with van der Waals surface area (Å²) in [5.41, 5.74) is 0.779. The number of nitrogens with zero attached hydrogens (tertiary/aromatic N) is 3. The smallest absolute Gasteiger partial charge is 0.360 e. The summed E-state index contributed by atoms with van der Waals surface area (Å²) in [6.45, 7) is 7.13. The van der Waals surface area contributed by atoms with Gasteiger partial charge in [-0.25, -0.2) is 17.9 Å². The van der Waals surface area contributed by atoms with Crippen molar-refractivity contribution in [1.82, 2.24) is 15.0 Å². The van der Waals surface area contributed by atoms with E-state index < -0.39 is 20.6 Å². The second-order valence-electron chi connectivity index (χ2n) is 5.78. The van der Waals surface area contributed by atoms with Crippen LogP contribution in [0.5, 0.6) is 0 Å². The molecule has 0 saturated heterocycles. The molecule has 0 saturated carbocycles. The molecule has 1 aromatic rings. The number of hydrogen-bond donors (Lipinski definition) is 0. The van der Waals surface area contributed by atoms with E-state index in [1.165, 1.54) is 11.8 Å². The van der Waals surface area contributed by atoms with Gasteiger partial charge >= 0.3 is 5.97 Å². The molecular formula is C13H23N3O4S. The maximum absolute atomic E-state index is 12.1. The van der Waals surface area contributed by atoms with Crippen LogP contribution in [0.25, 0.3) is 0 Å². The molecule has 0 aliphatic carbocycles. The van der Waals surface area contributed by atoms with Crippen LogP contribution in [-0.2, 0) is 27.5 Å². The number of methoxy groups -OCH3 is 1. The summed E-state index contributed by atoms with van der Waals surface area (Å²) < 4.78 is 29.6. The Balaban J connectivity index is 3.00. The fourth-order valence-corrected chi connectivity index (χ4v) is 2.79. The Hall–Kier alpha value is -1.44. The highest BCUT2D eigenvalue weighted by atomic mass is 32.2. The standard InChI is InChI=1S/C13H23N3O4S/c1-6-7-10-11(12(17)20-5)14-15-16(10)8-9-21(18,19)13(2,3)4/h6-9H2,1-5H3. The van der Waals surface area contributed by atoms with Crippen LogP contribution in [0.15, 0.2) is 0 Å². The zero-order valence-corrected chi connectivity index (χ0v) is 14.0. The normalized spacial score (nSPS) is 12.4. The van der Waals surface area contributed by atoms with Gasteiger partial charge < -0.3 is 4.74 Å². The van der Waals surface area contributed by atoms with Crippen LogP contribution in [0, 0.1) is 0 Å². The minimum Gasteiger partial charge on any atom is -0.464 e. The van der Waals surface area contributed by atoms with Gasteiger partial charge in [0.05, 0.1) is 29.8 Å². The van der Waals surface area contributed by atoms with Crippen molar-refractivity contribution < 1.29 is 17.9 Å². The molecule has 120 valence electrons. The Labute approximate surface area is 125 Å². The van der Waals surface area contributed by atoms with E-state index in [-0.39, 0.29) is 18.0 Å². The van der Waals surface area contributed by atoms with Crippen molar-refractivity contribution >= 4 is 15.8 Å². The monoisotopic (exact) mass is 317 g/mol. The zero-order chi connectivity index (χ0) is 16.3. The molecule has 0 aliphatic rings. The molecule has 0 radical (unpaired) electrons. The summed E-state index contributed by atoms with van der Waals surface area (Å²) in [5, 5.41) is 7.70. The first kappa shape index (κ1) is 17.6. The summed E-state index contributed by atoms with van der Waals surface area (Å²) in [5.74, 6) is -0.597. The number of aromatic nitrogens is 3. The lowest BCUT2D eigenvalue weighted by molar-refractivity contribution is 0.0592. The van der Waals surface area contributed by atoms with Crippen LogP contribution in [0.3, 0.4) is 0 Å². The number of carbonyl (C=O) groups excluding carboxylic acids is 1. The average molecular weight is 317 g/mol. The molecule has 0 bridgehead atoms. The van der Waals surface area contributed by atoms with Gasteiger partial charge in [0.15, 0.2) is 15.5 Å². The largest absolute Gasteiger partial charge is 0.464 e. The van der Waals surface area contributed by atoms with Crippen LogP contribution >= 0.6 is 0 Å². The van der Waals surface area contributed by atoms with Crippen molar-refractivity contribution in [3.05, 3.63) is 11.4 Å². The minimum atomic E-state index is -3.25. The minimum absolute atomic E-state index is 0.0445. The number of esters is 1. The molecule has 1 rings (SSSR count). The summed E-state index contributed by atoms with van der Waals surface area (Å²) >= 11 is 0. The highest BCUT2D eigenvalue weighted by Crippen LogP contribution is 2.17. The summed E-state index contributed by atoms with van der Waals surface area (Å²) in [6, 6.07) is 0.